The van der Waals surface area contributed by atoms with Gasteiger partial charge in [-0.1, -0.05) is 115 Å². The molecule has 1 saturated heterocycles. The van der Waals surface area contributed by atoms with Crippen molar-refractivity contribution in [3.05, 3.63) is 186 Å². The normalized spacial score (nSPS) is 15.8. The molecule has 1 fully saturated rings. The number of ketones is 1. The number of allylic oxidation sites excluding steroid dienone is 1. The predicted octanol–water partition coefficient (Wildman–Crippen LogP) is 11.1. The summed E-state index contributed by atoms with van der Waals surface area (Å²) in [6, 6.07) is 45.4. The van der Waals surface area contributed by atoms with Gasteiger partial charge in [-0.2, -0.15) is 0 Å². The SMILES string of the molecule is COP(=O)(OC)c1ccc(-c2ccc([C@@H]3[C@@H](/C=C/C(=O)c4ccc(F)cc4)SC(=O)N3c3ccc(-c4ccccc4)cc3)c(OCc3ccccc3)c2)cc1. The summed E-state index contributed by atoms with van der Waals surface area (Å²) in [5, 5.41) is -0.249. The van der Waals surface area contributed by atoms with Crippen LogP contribution in [0.25, 0.3) is 22.3 Å². The number of nitrogens with zero attached hydrogens (tertiary/aromatic N) is 1. The van der Waals surface area contributed by atoms with E-state index in [1.54, 1.807) is 23.1 Å². The summed E-state index contributed by atoms with van der Waals surface area (Å²) in [6.07, 6.45) is 3.20. The first kappa shape index (κ1) is 37.7. The molecule has 0 radical (unpaired) electrons. The molecule has 1 aliphatic heterocycles. The topological polar surface area (TPSA) is 82.1 Å². The number of amides is 1. The number of ether oxygens (including phenoxy) is 1. The van der Waals surface area contributed by atoms with Crippen LogP contribution in [0.15, 0.2) is 164 Å². The van der Waals surface area contributed by atoms with Crippen molar-refractivity contribution in [1.82, 2.24) is 0 Å². The van der Waals surface area contributed by atoms with E-state index in [-0.39, 0.29) is 17.6 Å². The number of anilines is 1. The average Bonchev–Trinajstić information content (AvgIpc) is 3.57. The van der Waals surface area contributed by atoms with Gasteiger partial charge in [-0.3, -0.25) is 19.1 Å². The molecule has 0 aliphatic carbocycles. The lowest BCUT2D eigenvalue weighted by molar-refractivity contribution is 0.104. The van der Waals surface area contributed by atoms with E-state index in [9.17, 15) is 18.5 Å². The summed E-state index contributed by atoms with van der Waals surface area (Å²) in [4.78, 5) is 29.1. The van der Waals surface area contributed by atoms with E-state index in [0.29, 0.717) is 22.3 Å². The molecule has 6 aromatic carbocycles. The lowest BCUT2D eigenvalue weighted by Gasteiger charge is -2.29. The Bertz CT molecular complexity index is 2350. The predicted molar refractivity (Wildman–Crippen MR) is 218 cm³/mol. The number of hydrogen-bond donors (Lipinski definition) is 0. The molecule has 276 valence electrons. The van der Waals surface area contributed by atoms with Gasteiger partial charge in [-0.15, -0.1) is 0 Å². The van der Waals surface area contributed by atoms with E-state index in [4.69, 9.17) is 13.8 Å². The quantitative estimate of drug-likeness (QED) is 0.0657. The number of carbonyl (C=O) groups excluding carboxylic acids is 2. The third-order valence-corrected chi connectivity index (χ3v) is 12.4. The van der Waals surface area contributed by atoms with Crippen molar-refractivity contribution < 1.29 is 32.3 Å². The molecule has 0 N–H and O–H groups in total. The first-order valence-corrected chi connectivity index (χ1v) is 19.9. The number of carbonyl (C=O) groups is 2. The van der Waals surface area contributed by atoms with Crippen LogP contribution in [0.4, 0.5) is 14.9 Å². The largest absolute Gasteiger partial charge is 0.489 e. The van der Waals surface area contributed by atoms with Crippen molar-refractivity contribution in [2.45, 2.75) is 17.9 Å². The monoisotopic (exact) mass is 769 g/mol. The van der Waals surface area contributed by atoms with Crippen LogP contribution in [0.5, 0.6) is 5.75 Å². The van der Waals surface area contributed by atoms with E-state index >= 15 is 0 Å². The molecule has 7 nitrogen and oxygen atoms in total. The summed E-state index contributed by atoms with van der Waals surface area (Å²) in [5.41, 5.74) is 6.47. The molecule has 6 aromatic rings. The van der Waals surface area contributed by atoms with Crippen LogP contribution in [-0.2, 0) is 20.2 Å². The third-order valence-electron chi connectivity index (χ3n) is 9.41. The molecule has 7 rings (SSSR count). The van der Waals surface area contributed by atoms with Gasteiger partial charge in [0.25, 0.3) is 5.24 Å². The summed E-state index contributed by atoms with van der Waals surface area (Å²) >= 11 is 1.13. The van der Waals surface area contributed by atoms with Gasteiger partial charge >= 0.3 is 7.60 Å². The molecule has 55 heavy (non-hydrogen) atoms. The minimum absolute atomic E-state index is 0.185. The van der Waals surface area contributed by atoms with E-state index in [2.05, 4.69) is 0 Å². The van der Waals surface area contributed by atoms with Gasteiger partial charge in [-0.25, -0.2) is 4.39 Å². The van der Waals surface area contributed by atoms with Crippen LogP contribution < -0.4 is 14.9 Å². The fourth-order valence-corrected chi connectivity index (χ4v) is 8.71. The smallest absolute Gasteiger partial charge is 0.360 e. The molecule has 2 atom stereocenters. The molecule has 0 aromatic heterocycles. The Balaban J connectivity index is 1.31. The Morgan fingerprint density at radius 3 is 1.98 bits per heavy atom. The summed E-state index contributed by atoms with van der Waals surface area (Å²) in [5.74, 6) is -0.179. The van der Waals surface area contributed by atoms with Crippen molar-refractivity contribution in [2.24, 2.45) is 0 Å². The first-order valence-electron chi connectivity index (χ1n) is 17.5. The molecule has 0 saturated carbocycles. The highest BCUT2D eigenvalue weighted by atomic mass is 32.2. The standard InChI is InChI=1S/C45H37FNO6PS/c1-51-54(50,52-2)39-24-17-34(18-25-39)36-19-26-40(42(29-36)53-30-31-9-5-3-6-10-31)44-43(28-27-41(48)35-13-20-37(46)21-14-35)55-45(49)47(44)38-22-15-33(16-23-38)32-11-7-4-8-12-32/h3-29,43-44H,30H2,1-2H3/b28-27+/t43-,44-/m1/s1. The molecule has 0 bridgehead atoms. The van der Waals surface area contributed by atoms with E-state index in [1.165, 1.54) is 44.6 Å². The Labute approximate surface area is 323 Å². The van der Waals surface area contributed by atoms with Crippen LogP contribution in [0, 0.1) is 5.82 Å². The van der Waals surface area contributed by atoms with Crippen molar-refractivity contribution in [3.8, 4) is 28.0 Å². The summed E-state index contributed by atoms with van der Waals surface area (Å²) in [7, 11) is -0.742. The fourth-order valence-electron chi connectivity index (χ4n) is 6.50. The minimum Gasteiger partial charge on any atom is -0.489 e. The maximum absolute atomic E-state index is 14.1. The number of halogens is 1. The number of thioether (sulfide) groups is 1. The van der Waals surface area contributed by atoms with E-state index < -0.39 is 24.7 Å². The van der Waals surface area contributed by atoms with Crippen molar-refractivity contribution in [2.75, 3.05) is 19.1 Å². The first-order chi connectivity index (χ1) is 26.8. The molecular weight excluding hydrogens is 733 g/mol. The summed E-state index contributed by atoms with van der Waals surface area (Å²) < 4.78 is 43.6. The van der Waals surface area contributed by atoms with Crippen LogP contribution in [0.3, 0.4) is 0 Å². The lowest BCUT2D eigenvalue weighted by atomic mass is 9.95. The van der Waals surface area contributed by atoms with Crippen LogP contribution >= 0.6 is 19.4 Å². The zero-order valence-corrected chi connectivity index (χ0v) is 31.8. The molecule has 10 heteroatoms. The van der Waals surface area contributed by atoms with Gasteiger partial charge < -0.3 is 13.8 Å². The second-order valence-corrected chi connectivity index (χ2v) is 16.1. The number of rotatable bonds is 13. The number of hydrogen-bond acceptors (Lipinski definition) is 7. The van der Waals surface area contributed by atoms with Gasteiger partial charge in [-0.05, 0) is 88.5 Å². The van der Waals surface area contributed by atoms with Gasteiger partial charge in [0, 0.05) is 31.0 Å². The Morgan fingerprint density at radius 1 is 0.745 bits per heavy atom. The van der Waals surface area contributed by atoms with Gasteiger partial charge in [0.1, 0.15) is 18.2 Å². The average molecular weight is 770 g/mol. The second-order valence-electron chi connectivity index (χ2n) is 12.7. The maximum atomic E-state index is 14.1. The van der Waals surface area contributed by atoms with Crippen LogP contribution in [0.2, 0.25) is 0 Å². The van der Waals surface area contributed by atoms with Crippen molar-refractivity contribution in [3.63, 3.8) is 0 Å². The van der Waals surface area contributed by atoms with Crippen molar-refractivity contribution >= 4 is 41.4 Å². The fraction of sp³-hybridized carbons (Fsp3) is 0.111. The van der Waals surface area contributed by atoms with E-state index in [0.717, 1.165) is 45.1 Å². The zero-order chi connectivity index (χ0) is 38.4. The van der Waals surface area contributed by atoms with Crippen LogP contribution in [0.1, 0.15) is 27.5 Å². The minimum atomic E-state index is -3.44. The zero-order valence-electron chi connectivity index (χ0n) is 30.1. The second kappa shape index (κ2) is 16.8. The highest BCUT2D eigenvalue weighted by molar-refractivity contribution is 8.15. The maximum Gasteiger partial charge on any atom is 0.360 e. The third kappa shape index (κ3) is 8.41. The van der Waals surface area contributed by atoms with Gasteiger partial charge in [0.05, 0.1) is 16.6 Å². The molecular formula is C45H37FNO6PS. The Kier molecular flexibility index (Phi) is 11.6. The highest BCUT2D eigenvalue weighted by Gasteiger charge is 2.43. The number of benzene rings is 6. The van der Waals surface area contributed by atoms with Crippen molar-refractivity contribution in [1.29, 1.82) is 0 Å². The highest BCUT2D eigenvalue weighted by Crippen LogP contribution is 2.49. The molecule has 0 unspecified atom stereocenters. The van der Waals surface area contributed by atoms with Gasteiger partial charge in [0.2, 0.25) is 0 Å². The van der Waals surface area contributed by atoms with Gasteiger partial charge in [0.15, 0.2) is 5.78 Å². The molecule has 1 amide bonds. The van der Waals surface area contributed by atoms with E-state index in [1.807, 2.05) is 115 Å². The molecule has 1 aliphatic rings. The Hall–Kier alpha value is -5.57. The van der Waals surface area contributed by atoms with Crippen LogP contribution in [-0.4, -0.2) is 30.5 Å². The Morgan fingerprint density at radius 2 is 1.33 bits per heavy atom. The lowest BCUT2D eigenvalue weighted by Crippen LogP contribution is -2.29. The molecule has 1 heterocycles. The molecule has 0 spiro atoms. The summed E-state index contributed by atoms with van der Waals surface area (Å²) in [6.45, 7) is 0.268.